The molecule has 2 N–H and O–H groups in total. The van der Waals surface area contributed by atoms with E-state index in [1.54, 1.807) is 18.2 Å². The van der Waals surface area contributed by atoms with Gasteiger partial charge in [0.05, 0.1) is 32.5 Å². The van der Waals surface area contributed by atoms with Gasteiger partial charge in [-0.05, 0) is 39.8 Å². The Balaban J connectivity index is 2.03. The largest absolute Gasteiger partial charge is 0.496 e. The highest BCUT2D eigenvalue weighted by molar-refractivity contribution is 6.06. The molecule has 0 saturated heterocycles. The van der Waals surface area contributed by atoms with Gasteiger partial charge in [0.15, 0.2) is 11.5 Å². The first-order valence-corrected chi connectivity index (χ1v) is 10.8. The summed E-state index contributed by atoms with van der Waals surface area (Å²) in [5.74, 6) is 0.841. The van der Waals surface area contributed by atoms with Crippen molar-refractivity contribution in [2.75, 3.05) is 39.7 Å². The fourth-order valence-electron chi connectivity index (χ4n) is 3.51. The Labute approximate surface area is 195 Å². The van der Waals surface area contributed by atoms with Gasteiger partial charge in [-0.1, -0.05) is 0 Å². The number of rotatable bonds is 11. The molecule has 1 heterocycles. The number of hydrogen-bond donors (Lipinski definition) is 2. The first-order chi connectivity index (χ1) is 15.7. The summed E-state index contributed by atoms with van der Waals surface area (Å²) < 4.78 is 15.8. The molecule has 33 heavy (non-hydrogen) atoms. The number of aromatic nitrogens is 1. The number of carbonyl (C=O) groups is 2. The number of anilines is 1. The first kappa shape index (κ1) is 25.9. The van der Waals surface area contributed by atoms with Crippen LogP contribution in [0.5, 0.6) is 17.2 Å². The Morgan fingerprint density at radius 2 is 1.52 bits per heavy atom. The maximum atomic E-state index is 12.8. The van der Waals surface area contributed by atoms with E-state index in [1.807, 2.05) is 0 Å². The minimum Gasteiger partial charge on any atom is -0.496 e. The van der Waals surface area contributed by atoms with Crippen LogP contribution in [-0.2, 0) is 0 Å². The Bertz CT molecular complexity index is 937. The number of nitrogens with zero attached hydrogens (tertiary/aromatic N) is 2. The molecule has 1 aromatic carbocycles. The van der Waals surface area contributed by atoms with E-state index >= 15 is 0 Å². The molecule has 2 amide bonds. The smallest absolute Gasteiger partial charge is 0.260 e. The van der Waals surface area contributed by atoms with E-state index in [0.717, 1.165) is 6.54 Å². The number of hydrogen-bond acceptors (Lipinski definition) is 7. The van der Waals surface area contributed by atoms with Crippen molar-refractivity contribution in [3.8, 4) is 17.2 Å². The van der Waals surface area contributed by atoms with Crippen LogP contribution < -0.4 is 24.8 Å². The van der Waals surface area contributed by atoms with Gasteiger partial charge in [-0.15, -0.1) is 0 Å². The van der Waals surface area contributed by atoms with Crippen LogP contribution in [-0.4, -0.2) is 68.2 Å². The van der Waals surface area contributed by atoms with Gasteiger partial charge in [0.25, 0.3) is 11.8 Å². The lowest BCUT2D eigenvalue weighted by Crippen LogP contribution is -2.42. The summed E-state index contributed by atoms with van der Waals surface area (Å²) in [6, 6.07) is 7.11. The molecule has 9 nitrogen and oxygen atoms in total. The molecule has 0 unspecified atom stereocenters. The van der Waals surface area contributed by atoms with Crippen LogP contribution >= 0.6 is 0 Å². The van der Waals surface area contributed by atoms with Crippen molar-refractivity contribution < 1.29 is 23.8 Å². The van der Waals surface area contributed by atoms with Crippen molar-refractivity contribution in [1.29, 1.82) is 0 Å². The van der Waals surface area contributed by atoms with Crippen molar-refractivity contribution in [1.82, 2.24) is 15.2 Å². The molecule has 0 saturated carbocycles. The number of benzene rings is 1. The highest BCUT2D eigenvalue weighted by atomic mass is 16.5. The summed E-state index contributed by atoms with van der Waals surface area (Å²) in [4.78, 5) is 31.7. The predicted molar refractivity (Wildman–Crippen MR) is 128 cm³/mol. The summed E-state index contributed by atoms with van der Waals surface area (Å²) in [5, 5.41) is 5.62. The van der Waals surface area contributed by atoms with E-state index in [2.05, 4.69) is 48.2 Å². The number of methoxy groups -OCH3 is 3. The van der Waals surface area contributed by atoms with Gasteiger partial charge in [-0.3, -0.25) is 14.5 Å². The molecule has 1 aromatic heterocycles. The topological polar surface area (TPSA) is 102 Å². The number of pyridine rings is 1. The van der Waals surface area contributed by atoms with Gasteiger partial charge < -0.3 is 24.8 Å². The van der Waals surface area contributed by atoms with Crippen LogP contribution in [0.3, 0.4) is 0 Å². The predicted octanol–water partition coefficient (Wildman–Crippen LogP) is 3.21. The van der Waals surface area contributed by atoms with Gasteiger partial charge in [0.2, 0.25) is 0 Å². The average molecular weight is 459 g/mol. The molecule has 2 aromatic rings. The zero-order valence-corrected chi connectivity index (χ0v) is 20.4. The van der Waals surface area contributed by atoms with Crippen molar-refractivity contribution in [2.24, 2.45) is 0 Å². The summed E-state index contributed by atoms with van der Waals surface area (Å²) in [7, 11) is 4.45. The van der Waals surface area contributed by atoms with E-state index in [4.69, 9.17) is 14.2 Å². The summed E-state index contributed by atoms with van der Waals surface area (Å²) in [6.45, 7) is 9.84. The fourth-order valence-corrected chi connectivity index (χ4v) is 3.51. The standard InChI is InChI=1S/C24H34N4O5/c1-15(2)28(16(3)4)11-10-25-23(29)17-8-9-22(26-14-17)27-24(30)18-12-20(32-6)21(33-7)13-19(18)31-5/h8-9,12-16H,10-11H2,1-7H3,(H,25,29)(H,26,27,30). The van der Waals surface area contributed by atoms with E-state index < -0.39 is 5.91 Å². The summed E-state index contributed by atoms with van der Waals surface area (Å²) in [5.41, 5.74) is 0.677. The van der Waals surface area contributed by atoms with Gasteiger partial charge in [-0.25, -0.2) is 4.98 Å². The van der Waals surface area contributed by atoms with Crippen LogP contribution in [0.1, 0.15) is 48.4 Å². The zero-order valence-electron chi connectivity index (χ0n) is 20.4. The molecular formula is C24H34N4O5. The molecule has 0 aliphatic carbocycles. The van der Waals surface area contributed by atoms with Crippen LogP contribution in [0, 0.1) is 0 Å². The lowest BCUT2D eigenvalue weighted by atomic mass is 10.1. The Kier molecular flexibility index (Phi) is 9.47. The van der Waals surface area contributed by atoms with Crippen molar-refractivity contribution in [2.45, 2.75) is 39.8 Å². The van der Waals surface area contributed by atoms with Gasteiger partial charge in [0.1, 0.15) is 11.6 Å². The molecule has 0 fully saturated rings. The first-order valence-electron chi connectivity index (χ1n) is 10.8. The van der Waals surface area contributed by atoms with Gasteiger partial charge in [0, 0.05) is 43.5 Å². The summed E-state index contributed by atoms with van der Waals surface area (Å²) in [6.07, 6.45) is 1.43. The third-order valence-electron chi connectivity index (χ3n) is 5.20. The molecule has 0 aliphatic rings. The second-order valence-electron chi connectivity index (χ2n) is 7.97. The molecular weight excluding hydrogens is 424 g/mol. The second-order valence-corrected chi connectivity index (χ2v) is 7.97. The van der Waals surface area contributed by atoms with Crippen molar-refractivity contribution >= 4 is 17.6 Å². The quantitative estimate of drug-likeness (QED) is 0.533. The maximum absolute atomic E-state index is 12.8. The van der Waals surface area contributed by atoms with Gasteiger partial charge >= 0.3 is 0 Å². The summed E-state index contributed by atoms with van der Waals surface area (Å²) >= 11 is 0. The molecule has 9 heteroatoms. The van der Waals surface area contributed by atoms with E-state index in [-0.39, 0.29) is 11.5 Å². The lowest BCUT2D eigenvalue weighted by molar-refractivity contribution is 0.0938. The fraction of sp³-hybridized carbons (Fsp3) is 0.458. The Hall–Kier alpha value is -3.33. The van der Waals surface area contributed by atoms with Crippen LogP contribution in [0.4, 0.5) is 5.82 Å². The molecule has 0 atom stereocenters. The zero-order chi connectivity index (χ0) is 24.5. The van der Waals surface area contributed by atoms with E-state index in [0.29, 0.717) is 47.3 Å². The SMILES string of the molecule is COc1cc(OC)c(C(=O)Nc2ccc(C(=O)NCCN(C(C)C)C(C)C)cn2)cc1OC. The molecule has 0 spiro atoms. The van der Waals surface area contributed by atoms with Crippen LogP contribution in [0.15, 0.2) is 30.5 Å². The van der Waals surface area contributed by atoms with Crippen LogP contribution in [0.25, 0.3) is 0 Å². The number of amides is 2. The third kappa shape index (κ3) is 6.82. The second kappa shape index (κ2) is 12.1. The van der Waals surface area contributed by atoms with Crippen molar-refractivity contribution in [3.63, 3.8) is 0 Å². The molecule has 0 radical (unpaired) electrons. The number of ether oxygens (including phenoxy) is 3. The number of carbonyl (C=O) groups excluding carboxylic acids is 2. The Morgan fingerprint density at radius 1 is 0.909 bits per heavy atom. The normalized spacial score (nSPS) is 11.0. The molecule has 0 aliphatic heterocycles. The van der Waals surface area contributed by atoms with Gasteiger partial charge in [-0.2, -0.15) is 0 Å². The molecule has 2 rings (SSSR count). The van der Waals surface area contributed by atoms with Crippen molar-refractivity contribution in [3.05, 3.63) is 41.6 Å². The molecule has 0 bridgehead atoms. The Morgan fingerprint density at radius 3 is 2.03 bits per heavy atom. The van der Waals surface area contributed by atoms with E-state index in [9.17, 15) is 9.59 Å². The monoisotopic (exact) mass is 458 g/mol. The minimum atomic E-state index is -0.431. The highest BCUT2D eigenvalue weighted by Crippen LogP contribution is 2.34. The maximum Gasteiger partial charge on any atom is 0.260 e. The number of nitrogens with one attached hydrogen (secondary N) is 2. The minimum absolute atomic E-state index is 0.214. The lowest BCUT2D eigenvalue weighted by Gasteiger charge is -2.30. The van der Waals surface area contributed by atoms with E-state index in [1.165, 1.54) is 33.6 Å². The average Bonchev–Trinajstić information content (AvgIpc) is 2.80. The molecule has 180 valence electrons. The highest BCUT2D eigenvalue weighted by Gasteiger charge is 2.19. The third-order valence-corrected chi connectivity index (χ3v) is 5.20. The van der Waals surface area contributed by atoms with Crippen LogP contribution in [0.2, 0.25) is 0 Å².